The molecule has 12 heteroatoms. The van der Waals surface area contributed by atoms with E-state index in [1.165, 1.54) is 0 Å². The molecule has 5 unspecified atom stereocenters. The van der Waals surface area contributed by atoms with Gasteiger partial charge in [0, 0.05) is 0 Å². The van der Waals surface area contributed by atoms with Crippen molar-refractivity contribution < 1.29 is 34.2 Å². The third-order valence-corrected chi connectivity index (χ3v) is 5.34. The quantitative estimate of drug-likeness (QED) is 0.139. The fraction of sp³-hybridized carbons (Fsp3) is 0.762. The van der Waals surface area contributed by atoms with Crippen LogP contribution >= 0.6 is 0 Å². The number of carbonyl (C=O) groups is 5. The van der Waals surface area contributed by atoms with Crippen molar-refractivity contribution in [2.75, 3.05) is 6.54 Å². The van der Waals surface area contributed by atoms with Gasteiger partial charge >= 0.3 is 11.9 Å². The molecular weight excluding hydrogens is 434 g/mol. The number of aliphatic carboxylic acids is 2. The van der Waals surface area contributed by atoms with Gasteiger partial charge in [0.2, 0.25) is 17.7 Å². The lowest BCUT2D eigenvalue weighted by Gasteiger charge is -2.28. The molecule has 3 amide bonds. The van der Waals surface area contributed by atoms with Crippen molar-refractivity contribution in [1.82, 2.24) is 16.0 Å². The Morgan fingerprint density at radius 2 is 1.42 bits per heavy atom. The van der Waals surface area contributed by atoms with Gasteiger partial charge in [-0.1, -0.05) is 40.5 Å². The van der Waals surface area contributed by atoms with Gasteiger partial charge < -0.3 is 37.6 Å². The molecular formula is C21H39N5O7. The van der Waals surface area contributed by atoms with Gasteiger partial charge in [-0.2, -0.15) is 0 Å². The highest BCUT2D eigenvalue weighted by Gasteiger charge is 2.34. The number of amides is 3. The third kappa shape index (κ3) is 11.1. The largest absolute Gasteiger partial charge is 0.481 e. The molecule has 0 bridgehead atoms. The van der Waals surface area contributed by atoms with E-state index in [1.807, 2.05) is 0 Å². The normalized spacial score (nSPS) is 15.6. The Balaban J connectivity index is 5.48. The maximum atomic E-state index is 12.8. The molecule has 0 heterocycles. The first kappa shape index (κ1) is 30.3. The number of nitrogens with one attached hydrogen (secondary N) is 3. The topological polar surface area (TPSA) is 214 Å². The van der Waals surface area contributed by atoms with E-state index in [0.717, 1.165) is 0 Å². The zero-order valence-electron chi connectivity index (χ0n) is 19.8. The minimum Gasteiger partial charge on any atom is -0.481 e. The average Bonchev–Trinajstić information content (AvgIpc) is 2.73. The lowest BCUT2D eigenvalue weighted by molar-refractivity contribution is -0.144. The van der Waals surface area contributed by atoms with Crippen LogP contribution in [0.1, 0.15) is 59.8 Å². The van der Waals surface area contributed by atoms with E-state index in [4.69, 9.17) is 11.5 Å². The molecule has 9 N–H and O–H groups in total. The number of rotatable bonds is 16. The number of hydrogen-bond donors (Lipinski definition) is 7. The van der Waals surface area contributed by atoms with Crippen LogP contribution in [0.4, 0.5) is 0 Å². The van der Waals surface area contributed by atoms with Crippen molar-refractivity contribution in [3.8, 4) is 0 Å². The van der Waals surface area contributed by atoms with E-state index in [2.05, 4.69) is 16.0 Å². The van der Waals surface area contributed by atoms with Gasteiger partial charge in [-0.3, -0.25) is 19.2 Å². The molecule has 0 aromatic rings. The van der Waals surface area contributed by atoms with Crippen LogP contribution in [0, 0.1) is 11.8 Å². The Kier molecular flexibility index (Phi) is 13.9. The minimum absolute atomic E-state index is 0.314. The lowest BCUT2D eigenvalue weighted by atomic mass is 9.96. The molecule has 0 rings (SSSR count). The Morgan fingerprint density at radius 3 is 1.88 bits per heavy atom. The lowest BCUT2D eigenvalue weighted by Crippen LogP contribution is -2.59. The Labute approximate surface area is 194 Å². The molecule has 12 nitrogen and oxygen atoms in total. The number of carboxylic acid groups (broad SMARTS) is 2. The standard InChI is InChI=1S/C21H39N5O7/c1-5-12(4)17(20(31)25-16(11(2)3)21(32)33)26-19(30)14(10-15(27)28)24-18(29)13(23)8-6-7-9-22/h11-14,16-17H,5-10,22-23H2,1-4H3,(H,24,29)(H,25,31)(H,26,30)(H,27,28)(H,32,33). The van der Waals surface area contributed by atoms with Crippen LogP contribution in [-0.2, 0) is 24.0 Å². The van der Waals surface area contributed by atoms with Gasteiger partial charge in [0.1, 0.15) is 18.1 Å². The van der Waals surface area contributed by atoms with Crippen LogP contribution in [0.3, 0.4) is 0 Å². The summed E-state index contributed by atoms with van der Waals surface area (Å²) >= 11 is 0. The van der Waals surface area contributed by atoms with Crippen LogP contribution in [0.25, 0.3) is 0 Å². The summed E-state index contributed by atoms with van der Waals surface area (Å²) in [4.78, 5) is 60.7. The number of carboxylic acids is 2. The van der Waals surface area contributed by atoms with Gasteiger partial charge in [0.05, 0.1) is 12.5 Å². The van der Waals surface area contributed by atoms with E-state index >= 15 is 0 Å². The molecule has 0 aromatic heterocycles. The molecule has 0 saturated carbocycles. The highest BCUT2D eigenvalue weighted by Crippen LogP contribution is 2.11. The van der Waals surface area contributed by atoms with Crippen molar-refractivity contribution in [2.24, 2.45) is 23.3 Å². The molecule has 190 valence electrons. The van der Waals surface area contributed by atoms with E-state index in [9.17, 15) is 34.2 Å². The first-order valence-electron chi connectivity index (χ1n) is 11.2. The SMILES string of the molecule is CCC(C)C(NC(=O)C(CC(=O)O)NC(=O)C(N)CCCCN)C(=O)NC(C(=O)O)C(C)C. The summed E-state index contributed by atoms with van der Waals surface area (Å²) in [6.45, 7) is 7.17. The monoisotopic (exact) mass is 473 g/mol. The molecule has 5 atom stereocenters. The maximum absolute atomic E-state index is 12.8. The van der Waals surface area contributed by atoms with Gasteiger partial charge in [-0.25, -0.2) is 4.79 Å². The molecule has 0 spiro atoms. The summed E-state index contributed by atoms with van der Waals surface area (Å²) in [5.74, 6) is -5.62. The molecule has 0 aliphatic carbocycles. The number of nitrogens with two attached hydrogens (primary N) is 2. The Bertz CT molecular complexity index is 686. The van der Waals surface area contributed by atoms with Crippen LogP contribution in [-0.4, -0.2) is 70.6 Å². The predicted molar refractivity (Wildman–Crippen MR) is 121 cm³/mol. The van der Waals surface area contributed by atoms with Crippen LogP contribution in [0.5, 0.6) is 0 Å². The summed E-state index contributed by atoms with van der Waals surface area (Å²) in [5, 5.41) is 25.7. The molecule has 0 aromatic carbocycles. The highest BCUT2D eigenvalue weighted by atomic mass is 16.4. The molecule has 0 saturated heterocycles. The summed E-state index contributed by atoms with van der Waals surface area (Å²) in [7, 11) is 0. The van der Waals surface area contributed by atoms with Crippen LogP contribution in [0.15, 0.2) is 0 Å². The fourth-order valence-electron chi connectivity index (χ4n) is 3.01. The minimum atomic E-state index is -1.46. The molecule has 0 aliphatic heterocycles. The summed E-state index contributed by atoms with van der Waals surface area (Å²) in [6, 6.07) is -4.71. The van der Waals surface area contributed by atoms with E-state index < -0.39 is 72.1 Å². The molecule has 0 fully saturated rings. The van der Waals surface area contributed by atoms with Crippen molar-refractivity contribution in [2.45, 2.75) is 84.0 Å². The van der Waals surface area contributed by atoms with Crippen molar-refractivity contribution in [3.63, 3.8) is 0 Å². The fourth-order valence-corrected chi connectivity index (χ4v) is 3.01. The van der Waals surface area contributed by atoms with Gasteiger partial charge in [-0.15, -0.1) is 0 Å². The molecule has 0 radical (unpaired) electrons. The maximum Gasteiger partial charge on any atom is 0.326 e. The summed E-state index contributed by atoms with van der Waals surface area (Å²) < 4.78 is 0. The van der Waals surface area contributed by atoms with Crippen molar-refractivity contribution in [3.05, 3.63) is 0 Å². The van der Waals surface area contributed by atoms with Gasteiger partial charge in [0.15, 0.2) is 0 Å². The van der Waals surface area contributed by atoms with Crippen LogP contribution in [0.2, 0.25) is 0 Å². The van der Waals surface area contributed by atoms with E-state index in [-0.39, 0.29) is 0 Å². The second-order valence-electron chi connectivity index (χ2n) is 8.49. The van der Waals surface area contributed by atoms with Crippen molar-refractivity contribution in [1.29, 1.82) is 0 Å². The molecule has 0 aliphatic rings. The van der Waals surface area contributed by atoms with Gasteiger partial charge in [-0.05, 0) is 31.2 Å². The first-order chi connectivity index (χ1) is 15.3. The zero-order valence-corrected chi connectivity index (χ0v) is 19.8. The Hall–Kier alpha value is -2.73. The second kappa shape index (κ2) is 15.2. The highest BCUT2D eigenvalue weighted by molar-refractivity contribution is 5.95. The predicted octanol–water partition coefficient (Wildman–Crippen LogP) is -0.841. The van der Waals surface area contributed by atoms with Gasteiger partial charge in [0.25, 0.3) is 0 Å². The summed E-state index contributed by atoms with van der Waals surface area (Å²) in [5.41, 5.74) is 11.2. The average molecular weight is 474 g/mol. The third-order valence-electron chi connectivity index (χ3n) is 5.34. The first-order valence-corrected chi connectivity index (χ1v) is 11.2. The van der Waals surface area contributed by atoms with E-state index in [1.54, 1.807) is 27.7 Å². The van der Waals surface area contributed by atoms with E-state index in [0.29, 0.717) is 32.2 Å². The Morgan fingerprint density at radius 1 is 0.848 bits per heavy atom. The van der Waals surface area contributed by atoms with Crippen molar-refractivity contribution >= 4 is 29.7 Å². The number of unbranched alkanes of at least 4 members (excludes halogenated alkanes) is 1. The van der Waals surface area contributed by atoms with Crippen LogP contribution < -0.4 is 27.4 Å². The zero-order chi connectivity index (χ0) is 25.7. The summed E-state index contributed by atoms with van der Waals surface area (Å²) in [6.07, 6.45) is 1.33. The number of hydrogen-bond acceptors (Lipinski definition) is 7. The second-order valence-corrected chi connectivity index (χ2v) is 8.49. The molecule has 33 heavy (non-hydrogen) atoms. The number of carbonyl (C=O) groups excluding carboxylic acids is 3. The smallest absolute Gasteiger partial charge is 0.326 e.